The normalized spacial score (nSPS) is 11.9. The number of amides is 1. The van der Waals surface area contributed by atoms with Gasteiger partial charge in [-0.15, -0.1) is 0 Å². The van der Waals surface area contributed by atoms with Gasteiger partial charge >= 0.3 is 5.97 Å². The average Bonchev–Trinajstić information content (AvgIpc) is 2.52. The van der Waals surface area contributed by atoms with Crippen molar-refractivity contribution in [1.82, 2.24) is 5.32 Å². The molecule has 0 aromatic heterocycles. The molecule has 0 fully saturated rings. The Labute approximate surface area is 143 Å². The smallest absolute Gasteiger partial charge is 0.344 e. The molecule has 1 atom stereocenters. The minimum absolute atomic E-state index is 0.240. The molecule has 0 radical (unpaired) electrons. The zero-order valence-electron chi connectivity index (χ0n) is 15.0. The first-order valence-electron chi connectivity index (χ1n) is 8.04. The Bertz CT molecular complexity index is 556. The molecule has 0 bridgehead atoms. The molecule has 1 amide bonds. The molecule has 0 saturated heterocycles. The van der Waals surface area contributed by atoms with E-state index in [-0.39, 0.29) is 12.5 Å². The maximum absolute atomic E-state index is 11.8. The molecule has 0 aliphatic carbocycles. The predicted molar refractivity (Wildman–Crippen MR) is 91.2 cm³/mol. The number of ether oxygens (including phenoxy) is 3. The Morgan fingerprint density at radius 2 is 1.92 bits per heavy atom. The highest BCUT2D eigenvalue weighted by atomic mass is 16.6. The lowest BCUT2D eigenvalue weighted by Crippen LogP contribution is -2.38. The Hall–Kier alpha value is -2.08. The number of carbonyl (C=O) groups is 2. The highest BCUT2D eigenvalue weighted by Gasteiger charge is 2.17. The van der Waals surface area contributed by atoms with Crippen LogP contribution >= 0.6 is 0 Å². The number of hydrogen-bond acceptors (Lipinski definition) is 5. The molecule has 1 rings (SSSR count). The van der Waals surface area contributed by atoms with Crippen LogP contribution in [0.4, 0.5) is 0 Å². The van der Waals surface area contributed by atoms with E-state index in [0.717, 1.165) is 5.56 Å². The number of benzene rings is 1. The molecule has 0 heterocycles. The van der Waals surface area contributed by atoms with E-state index in [0.29, 0.717) is 24.8 Å². The monoisotopic (exact) mass is 337 g/mol. The lowest BCUT2D eigenvalue weighted by molar-refractivity contribution is -0.156. The third kappa shape index (κ3) is 6.58. The highest BCUT2D eigenvalue weighted by molar-refractivity contribution is 5.83. The summed E-state index contributed by atoms with van der Waals surface area (Å²) in [5.41, 5.74) is 2.35. The third-order valence-electron chi connectivity index (χ3n) is 3.50. The van der Waals surface area contributed by atoms with Crippen molar-refractivity contribution in [3.8, 4) is 5.75 Å². The van der Waals surface area contributed by atoms with Gasteiger partial charge in [0.15, 0.2) is 12.7 Å². The maximum atomic E-state index is 11.8. The summed E-state index contributed by atoms with van der Waals surface area (Å²) in [7, 11) is 1.54. The number of hydrogen-bond donors (Lipinski definition) is 1. The van der Waals surface area contributed by atoms with Gasteiger partial charge in [0.25, 0.3) is 5.91 Å². The molecule has 1 N–H and O–H groups in total. The molecule has 0 aliphatic heterocycles. The van der Waals surface area contributed by atoms with Gasteiger partial charge in [0.1, 0.15) is 5.75 Å². The van der Waals surface area contributed by atoms with Crippen LogP contribution in [0.2, 0.25) is 0 Å². The van der Waals surface area contributed by atoms with Crippen molar-refractivity contribution in [2.75, 3.05) is 26.9 Å². The summed E-state index contributed by atoms with van der Waals surface area (Å²) in [4.78, 5) is 23.5. The fourth-order valence-electron chi connectivity index (χ4n) is 2.23. The molecular weight excluding hydrogens is 310 g/mol. The van der Waals surface area contributed by atoms with Crippen molar-refractivity contribution in [1.29, 1.82) is 0 Å². The molecule has 0 unspecified atom stereocenters. The van der Waals surface area contributed by atoms with E-state index >= 15 is 0 Å². The molecule has 0 spiro atoms. The van der Waals surface area contributed by atoms with Crippen LogP contribution in [0.3, 0.4) is 0 Å². The molecule has 6 heteroatoms. The van der Waals surface area contributed by atoms with Gasteiger partial charge in [-0.3, -0.25) is 4.79 Å². The molecule has 134 valence electrons. The van der Waals surface area contributed by atoms with Crippen LogP contribution in [0.1, 0.15) is 37.8 Å². The number of aryl methyl sites for hydroxylation is 1. The zero-order valence-corrected chi connectivity index (χ0v) is 15.0. The average molecular weight is 337 g/mol. The van der Waals surface area contributed by atoms with Crippen LogP contribution in [-0.2, 0) is 19.1 Å². The van der Waals surface area contributed by atoms with Crippen molar-refractivity contribution >= 4 is 11.9 Å². The van der Waals surface area contributed by atoms with Crippen molar-refractivity contribution in [2.45, 2.75) is 39.7 Å². The summed E-state index contributed by atoms with van der Waals surface area (Å²) in [5.74, 6) is 0.0834. The summed E-state index contributed by atoms with van der Waals surface area (Å²) < 4.78 is 15.3. The lowest BCUT2D eigenvalue weighted by Gasteiger charge is -2.14. The quantitative estimate of drug-likeness (QED) is 0.552. The van der Waals surface area contributed by atoms with E-state index in [9.17, 15) is 9.59 Å². The first-order chi connectivity index (χ1) is 11.3. The first-order valence-corrected chi connectivity index (χ1v) is 8.04. The van der Waals surface area contributed by atoms with Gasteiger partial charge in [0, 0.05) is 13.7 Å². The maximum Gasteiger partial charge on any atom is 0.344 e. The standard InChI is InChI=1S/C18H27NO5/c1-12(2)16-7-6-15(10-13(16)3)23-11-17(20)24-14(4)18(21)19-8-9-22-5/h6-7,10,12,14H,8-9,11H2,1-5H3,(H,19,21)/t14-/m0/s1. The van der Waals surface area contributed by atoms with E-state index in [2.05, 4.69) is 19.2 Å². The highest BCUT2D eigenvalue weighted by Crippen LogP contribution is 2.23. The van der Waals surface area contributed by atoms with E-state index in [4.69, 9.17) is 14.2 Å². The summed E-state index contributed by atoms with van der Waals surface area (Å²) >= 11 is 0. The van der Waals surface area contributed by atoms with Crippen LogP contribution in [0.15, 0.2) is 18.2 Å². The van der Waals surface area contributed by atoms with Gasteiger partial charge in [-0.1, -0.05) is 19.9 Å². The van der Waals surface area contributed by atoms with Crippen molar-refractivity contribution in [2.24, 2.45) is 0 Å². The second kappa shape index (κ2) is 9.93. The largest absolute Gasteiger partial charge is 0.482 e. The van der Waals surface area contributed by atoms with Crippen LogP contribution in [0.5, 0.6) is 5.75 Å². The fraction of sp³-hybridized carbons (Fsp3) is 0.556. The minimum atomic E-state index is -0.872. The summed E-state index contributed by atoms with van der Waals surface area (Å²) in [6, 6.07) is 5.71. The fourth-order valence-corrected chi connectivity index (χ4v) is 2.23. The number of rotatable bonds is 9. The predicted octanol–water partition coefficient (Wildman–Crippen LogP) is 2.19. The second-order valence-electron chi connectivity index (χ2n) is 5.88. The molecule has 0 aliphatic rings. The molecule has 6 nitrogen and oxygen atoms in total. The number of nitrogens with one attached hydrogen (secondary N) is 1. The van der Waals surface area contributed by atoms with E-state index < -0.39 is 12.1 Å². The van der Waals surface area contributed by atoms with Gasteiger partial charge in [-0.25, -0.2) is 4.79 Å². The van der Waals surface area contributed by atoms with E-state index in [1.165, 1.54) is 12.5 Å². The van der Waals surface area contributed by atoms with E-state index in [1.807, 2.05) is 25.1 Å². The second-order valence-corrected chi connectivity index (χ2v) is 5.88. The Morgan fingerprint density at radius 1 is 1.21 bits per heavy atom. The minimum Gasteiger partial charge on any atom is -0.482 e. The summed E-state index contributed by atoms with van der Waals surface area (Å²) in [6.45, 7) is 8.31. The summed E-state index contributed by atoms with van der Waals surface area (Å²) in [5, 5.41) is 2.60. The van der Waals surface area contributed by atoms with Crippen LogP contribution in [-0.4, -0.2) is 44.8 Å². The Kier molecular flexibility index (Phi) is 8.26. The number of methoxy groups -OCH3 is 1. The van der Waals surface area contributed by atoms with Crippen molar-refractivity contribution < 1.29 is 23.8 Å². The van der Waals surface area contributed by atoms with Crippen LogP contribution in [0.25, 0.3) is 0 Å². The van der Waals surface area contributed by atoms with Gasteiger partial charge in [-0.2, -0.15) is 0 Å². The SMILES string of the molecule is COCCNC(=O)[C@H](C)OC(=O)COc1ccc(C(C)C)c(C)c1. The van der Waals surface area contributed by atoms with Crippen molar-refractivity contribution in [3.63, 3.8) is 0 Å². The molecule has 1 aromatic carbocycles. The topological polar surface area (TPSA) is 73.9 Å². The van der Waals surface area contributed by atoms with Gasteiger partial charge < -0.3 is 19.5 Å². The van der Waals surface area contributed by atoms with Crippen LogP contribution < -0.4 is 10.1 Å². The van der Waals surface area contributed by atoms with Crippen molar-refractivity contribution in [3.05, 3.63) is 29.3 Å². The first kappa shape index (κ1) is 20.0. The molecule has 24 heavy (non-hydrogen) atoms. The Balaban J connectivity index is 2.43. The Morgan fingerprint density at radius 3 is 2.50 bits per heavy atom. The molecule has 0 saturated carbocycles. The van der Waals surface area contributed by atoms with Gasteiger partial charge in [0.05, 0.1) is 6.61 Å². The van der Waals surface area contributed by atoms with Gasteiger partial charge in [0.2, 0.25) is 0 Å². The number of carbonyl (C=O) groups excluding carboxylic acids is 2. The third-order valence-corrected chi connectivity index (χ3v) is 3.50. The number of esters is 1. The molecule has 1 aromatic rings. The lowest BCUT2D eigenvalue weighted by atomic mass is 9.98. The zero-order chi connectivity index (χ0) is 18.1. The van der Waals surface area contributed by atoms with Crippen LogP contribution in [0, 0.1) is 6.92 Å². The molecular formula is C18H27NO5. The van der Waals surface area contributed by atoms with Gasteiger partial charge in [-0.05, 0) is 43.0 Å². The van der Waals surface area contributed by atoms with E-state index in [1.54, 1.807) is 7.11 Å². The summed E-state index contributed by atoms with van der Waals surface area (Å²) in [6.07, 6.45) is -0.872.